The van der Waals surface area contributed by atoms with Gasteiger partial charge in [0, 0.05) is 165 Å². The molecule has 25 rings (SSSR count). The number of rotatable bonds is 23. The molecule has 17 heterocycles. The van der Waals surface area contributed by atoms with Gasteiger partial charge >= 0.3 is 0 Å². The number of ether oxygens (including phenoxy) is 3. The van der Waals surface area contributed by atoms with Gasteiger partial charge in [0.1, 0.15) is 56.7 Å². The number of para-hydroxylation sites is 1. The Morgan fingerprint density at radius 2 is 0.649 bits per heavy atom. The lowest BCUT2D eigenvalue weighted by Crippen LogP contribution is -2.36. The molecule has 24 aromatic rings. The van der Waals surface area contributed by atoms with Crippen LogP contribution in [0, 0.1) is 18.6 Å². The van der Waals surface area contributed by atoms with E-state index < -0.39 is 11.6 Å². The minimum Gasteiger partial charge on any atom is -0.494 e. The summed E-state index contributed by atoms with van der Waals surface area (Å²) in [6.07, 6.45) is 39.0. The summed E-state index contributed by atoms with van der Waals surface area (Å²) in [6.45, 7) is 14.7. The zero-order valence-corrected chi connectivity index (χ0v) is 84.9. The predicted molar refractivity (Wildman–Crippen MR) is 600 cm³/mol. The molecular formula is C124H117BrF2N18O3. The highest BCUT2D eigenvalue weighted by atomic mass is 79.9. The second-order valence-electron chi connectivity index (χ2n) is 36.8. The van der Waals surface area contributed by atoms with Crippen molar-refractivity contribution in [3.05, 3.63) is 495 Å². The summed E-state index contributed by atoms with van der Waals surface area (Å²) < 4.78 is 43.7. The highest BCUT2D eigenvalue weighted by Crippen LogP contribution is 2.29. The van der Waals surface area contributed by atoms with Crippen molar-refractivity contribution in [2.45, 2.75) is 98.5 Å². The molecular weight excluding hydrogens is 1910 g/mol. The number of aromatic amines is 8. The van der Waals surface area contributed by atoms with Gasteiger partial charge in [0.05, 0.1) is 37.8 Å². The molecule has 21 nitrogen and oxygen atoms in total. The first-order chi connectivity index (χ1) is 72.5. The van der Waals surface area contributed by atoms with E-state index in [0.717, 1.165) is 183 Å². The fraction of sp³-hybridized carbons (Fsp3) is 0.161. The van der Waals surface area contributed by atoms with Gasteiger partial charge in [-0.3, -0.25) is 0 Å². The van der Waals surface area contributed by atoms with Crippen molar-refractivity contribution < 1.29 is 23.0 Å². The summed E-state index contributed by atoms with van der Waals surface area (Å²) in [7, 11) is 0. The average Bonchev–Trinajstić information content (AvgIpc) is 1.50. The molecule has 1 saturated heterocycles. The zero-order chi connectivity index (χ0) is 102. The third-order valence-electron chi connectivity index (χ3n) is 24.9. The van der Waals surface area contributed by atoms with E-state index >= 15 is 0 Å². The number of aryl methyl sites for hydroxylation is 2. The van der Waals surface area contributed by atoms with Crippen LogP contribution < -0.4 is 19.7 Å². The van der Waals surface area contributed by atoms with Crippen molar-refractivity contribution in [1.29, 1.82) is 0 Å². The number of nitrogens with one attached hydrogen (secondary N) is 9. The van der Waals surface area contributed by atoms with Crippen LogP contribution in [0.25, 0.3) is 88.3 Å². The third-order valence-corrected chi connectivity index (χ3v) is 25.4. The second kappa shape index (κ2) is 50.3. The van der Waals surface area contributed by atoms with Crippen LogP contribution in [0.1, 0.15) is 123 Å². The molecule has 24 heteroatoms. The summed E-state index contributed by atoms with van der Waals surface area (Å²) in [6, 6.07) is 98.7. The van der Waals surface area contributed by atoms with E-state index in [1.807, 2.05) is 205 Å². The largest absolute Gasteiger partial charge is 0.494 e. The number of hydrogen-bond donors (Lipinski definition) is 9. The van der Waals surface area contributed by atoms with E-state index in [2.05, 4.69) is 302 Å². The molecule has 0 spiro atoms. The SMILES string of the molecule is Brc1ccc(Cc2cnc3[nH]ccc3c2)cc1.CC(C)Oc1cccc(Cc2cnc3[nH]ccc3c2)c1.CCCc1ccc(Cc2cnc3[nH]ccc3c2)cc1.CCOc1cccc(Cc2cnc3[nH]ccc3c2)c1.Cc1cccc(Cc2cnc3[nH]ccc3c2)c1.Fc1ccc(Cc2cnc3[nH]ccc3c2)cc1F.c1cc2cc(Cc3ccc(N4CCOCC4)cc3)cnc2[nH]1.c1ccc(Nc2cnc3[nH]ccc3c2)cc1. The van der Waals surface area contributed by atoms with E-state index in [0.29, 0.717) is 13.0 Å². The first-order valence-electron chi connectivity index (χ1n) is 50.0. The molecule has 8 aromatic carbocycles. The Morgan fingerprint density at radius 1 is 0.318 bits per heavy atom. The molecule has 148 heavy (non-hydrogen) atoms. The lowest BCUT2D eigenvalue weighted by Gasteiger charge is -2.28. The van der Waals surface area contributed by atoms with Gasteiger partial charge in [-0.1, -0.05) is 156 Å². The molecule has 0 bridgehead atoms. The molecule has 1 fully saturated rings. The van der Waals surface area contributed by atoms with E-state index in [4.69, 9.17) is 14.2 Å². The first-order valence-corrected chi connectivity index (χ1v) is 50.7. The maximum absolute atomic E-state index is 13.1. The highest BCUT2D eigenvalue weighted by molar-refractivity contribution is 9.10. The molecule has 0 radical (unpaired) electrons. The van der Waals surface area contributed by atoms with Crippen LogP contribution in [-0.2, 0) is 56.1 Å². The van der Waals surface area contributed by atoms with Crippen LogP contribution in [0.4, 0.5) is 25.8 Å². The Morgan fingerprint density at radius 3 is 1.03 bits per heavy atom. The number of morpholine rings is 1. The summed E-state index contributed by atoms with van der Waals surface area (Å²) >= 11 is 3.44. The van der Waals surface area contributed by atoms with Gasteiger partial charge in [-0.25, -0.2) is 48.7 Å². The van der Waals surface area contributed by atoms with Crippen LogP contribution in [0.3, 0.4) is 0 Å². The minimum absolute atomic E-state index is 0.197. The number of anilines is 3. The first kappa shape index (κ1) is 101. The Balaban J connectivity index is 0.000000111. The number of benzene rings is 8. The number of pyridine rings is 8. The number of halogens is 3. The number of nitrogens with zero attached hydrogens (tertiary/aromatic N) is 9. The monoisotopic (exact) mass is 2020 g/mol. The van der Waals surface area contributed by atoms with Crippen LogP contribution in [0.2, 0.25) is 0 Å². The second-order valence-corrected chi connectivity index (χ2v) is 37.7. The smallest absolute Gasteiger partial charge is 0.159 e. The highest BCUT2D eigenvalue weighted by Gasteiger charge is 2.15. The Kier molecular flexibility index (Phi) is 34.3. The molecule has 0 aliphatic carbocycles. The van der Waals surface area contributed by atoms with Gasteiger partial charge in [0.25, 0.3) is 0 Å². The molecule has 1 aliphatic heterocycles. The lowest BCUT2D eigenvalue weighted by molar-refractivity contribution is 0.122. The van der Waals surface area contributed by atoms with E-state index in [1.54, 1.807) is 12.3 Å². The summed E-state index contributed by atoms with van der Waals surface area (Å²) in [4.78, 5) is 62.2. The fourth-order valence-electron chi connectivity index (χ4n) is 17.7. The molecule has 0 unspecified atom stereocenters. The predicted octanol–water partition coefficient (Wildman–Crippen LogP) is 28.7. The van der Waals surface area contributed by atoms with Gasteiger partial charge < -0.3 is 64.3 Å². The summed E-state index contributed by atoms with van der Waals surface area (Å²) in [5.74, 6) is 0.213. The minimum atomic E-state index is -0.821. The van der Waals surface area contributed by atoms with Crippen molar-refractivity contribution >= 4 is 121 Å². The van der Waals surface area contributed by atoms with Gasteiger partial charge in [0.2, 0.25) is 0 Å². The van der Waals surface area contributed by atoms with Crippen molar-refractivity contribution in [3.8, 4) is 11.5 Å². The van der Waals surface area contributed by atoms with Crippen LogP contribution in [0.5, 0.6) is 11.5 Å². The number of hydrogen-bond acceptors (Lipinski definition) is 13. The quantitative estimate of drug-likeness (QED) is 0.0289. The molecule has 0 atom stereocenters. The van der Waals surface area contributed by atoms with Crippen molar-refractivity contribution in [2.24, 2.45) is 0 Å². The molecule has 1 aliphatic rings. The Labute approximate surface area is 866 Å². The molecule has 16 aromatic heterocycles. The molecule has 9 N–H and O–H groups in total. The molecule has 0 amide bonds. The van der Waals surface area contributed by atoms with E-state index in [9.17, 15) is 8.78 Å². The summed E-state index contributed by atoms with van der Waals surface area (Å²) in [5, 5.41) is 12.4. The van der Waals surface area contributed by atoms with Crippen molar-refractivity contribution in [1.82, 2.24) is 79.7 Å². The maximum atomic E-state index is 13.1. The average molecular weight is 2030 g/mol. The van der Waals surface area contributed by atoms with Gasteiger partial charge in [-0.2, -0.15) is 0 Å². The van der Waals surface area contributed by atoms with Crippen molar-refractivity contribution in [3.63, 3.8) is 0 Å². The van der Waals surface area contributed by atoms with Gasteiger partial charge in [-0.15, -0.1) is 0 Å². The summed E-state index contributed by atoms with van der Waals surface area (Å²) in [5.41, 5.74) is 30.4. The van der Waals surface area contributed by atoms with Gasteiger partial charge in [0.15, 0.2) is 11.6 Å². The number of aromatic nitrogens is 16. The fourth-order valence-corrected chi connectivity index (χ4v) is 17.9. The van der Waals surface area contributed by atoms with Crippen LogP contribution >= 0.6 is 15.9 Å². The maximum Gasteiger partial charge on any atom is 0.159 e. The third kappa shape index (κ3) is 28.9. The topological polar surface area (TPSA) is 272 Å². The molecule has 742 valence electrons. The number of H-pyrrole nitrogens is 8. The Bertz CT molecular complexity index is 8350. The number of fused-ring (bicyclic) bond motifs is 8. The van der Waals surface area contributed by atoms with E-state index in [1.165, 1.54) is 118 Å². The molecule has 0 saturated carbocycles. The standard InChI is InChI=1S/C18H19N3O.C17H18N2O.C17H18N2.C16H16N2O.C15H14N2.C14H11BrN2.C14H10F2N2.C13H11N3/c1-3-17(21-7-9-22-10-8-21)4-2-14(1)11-15-12-16-5-6-19-18(16)20-13-15;1-12(2)20-16-5-3-4-13(10-16)8-14-9-15-6-7-18-17(15)19-11-14;1-2-3-13-4-6-14(7-5-13)10-15-11-16-8-9-18-17(16)19-12-15;1-2-19-15-5-3-4-12(10-15)8-13-9-14-6-7-17-16(14)18-11-13;1-11-3-2-4-12(7-11)8-13-9-14-5-6-16-15(14)17-10-13;15-13-3-1-10(2-4-13)7-11-8-12-5-6-16-14(12)17-9-11;15-12-2-1-9(7-13(12)16)5-10-6-11-3-4-17-14(11)18-8-10;1-2-4-11(5-3-1)16-12-8-10-6-7-14-13(10)15-9-12/h1-6,12-13H,7-11H2,(H,19,20);3-7,9-12H,8H2,1-2H3,(H,18,19);4-9,11-12H,2-3,10H2,1H3,(H,18,19);3-7,9-11H,2,8H2,1H3,(H,17,18);2-7,9-10H,8H2,1H3,(H,16,17);1-6,8-9H,7H2,(H,16,17);1-4,6-8H,5H2,(H,17,18);1-9,16H,(H,14,15). The van der Waals surface area contributed by atoms with E-state index in [-0.39, 0.29) is 6.10 Å². The van der Waals surface area contributed by atoms with Gasteiger partial charge in [-0.05, 0) is 332 Å². The van der Waals surface area contributed by atoms with Crippen LogP contribution in [-0.4, -0.2) is 119 Å². The van der Waals surface area contributed by atoms with Crippen molar-refractivity contribution in [2.75, 3.05) is 43.1 Å². The normalized spacial score (nSPS) is 11.6. The zero-order valence-electron chi connectivity index (χ0n) is 83.3. The van der Waals surface area contributed by atoms with Crippen LogP contribution in [0.15, 0.2) is 395 Å². The lowest BCUT2D eigenvalue weighted by atomic mass is 10.0. The Hall–Kier alpha value is -17.2.